The average molecular weight is 281 g/mol. The Hall–Kier alpha value is -1.20. The van der Waals surface area contributed by atoms with Gasteiger partial charge in [-0.25, -0.2) is 13.1 Å². The molecule has 1 aromatic carbocycles. The summed E-state index contributed by atoms with van der Waals surface area (Å²) < 4.78 is 27.0. The highest BCUT2D eigenvalue weighted by atomic mass is 32.2. The molecule has 0 atom stereocenters. The van der Waals surface area contributed by atoms with Gasteiger partial charge < -0.3 is 0 Å². The summed E-state index contributed by atoms with van der Waals surface area (Å²) in [6, 6.07) is 4.74. The van der Waals surface area contributed by atoms with Gasteiger partial charge in [0.25, 0.3) is 0 Å². The number of hydrogen-bond donors (Lipinski definition) is 1. The fourth-order valence-corrected chi connectivity index (χ4v) is 3.52. The maximum Gasteiger partial charge on any atom is 0.241 e. The molecule has 0 bridgehead atoms. The molecule has 1 aromatic rings. The summed E-state index contributed by atoms with van der Waals surface area (Å²) in [7, 11) is -3.55. The highest BCUT2D eigenvalue weighted by Gasteiger charge is 2.31. The third-order valence-electron chi connectivity index (χ3n) is 3.10. The molecule has 1 aliphatic rings. The molecule has 0 radical (unpaired) electrons. The first-order valence-corrected chi connectivity index (χ1v) is 7.97. The van der Waals surface area contributed by atoms with Crippen LogP contribution in [0.25, 0.3) is 0 Å². The van der Waals surface area contributed by atoms with Gasteiger partial charge in [-0.2, -0.15) is 0 Å². The van der Waals surface area contributed by atoms with Crippen molar-refractivity contribution in [3.63, 3.8) is 0 Å². The van der Waals surface area contributed by atoms with Gasteiger partial charge in [-0.05, 0) is 45.2 Å². The Labute approximate surface area is 114 Å². The van der Waals surface area contributed by atoms with Crippen molar-refractivity contribution in [3.8, 4) is 0 Å². The van der Waals surface area contributed by atoms with E-state index in [9.17, 15) is 13.2 Å². The van der Waals surface area contributed by atoms with Crippen LogP contribution in [-0.2, 0) is 10.0 Å². The second kappa shape index (κ2) is 5.06. The normalized spacial score (nSPS) is 15.8. The number of aryl methyl sites for hydroxylation is 1. The number of carbonyl (C=O) groups is 1. The van der Waals surface area contributed by atoms with Crippen LogP contribution in [0.1, 0.15) is 42.6 Å². The van der Waals surface area contributed by atoms with Crippen molar-refractivity contribution >= 4 is 15.8 Å². The van der Waals surface area contributed by atoms with Crippen molar-refractivity contribution in [2.75, 3.05) is 0 Å². The largest absolute Gasteiger partial charge is 0.294 e. The van der Waals surface area contributed by atoms with E-state index in [0.29, 0.717) is 11.1 Å². The highest BCUT2D eigenvalue weighted by molar-refractivity contribution is 7.89. The van der Waals surface area contributed by atoms with Crippen LogP contribution in [0.3, 0.4) is 0 Å². The third-order valence-corrected chi connectivity index (χ3v) is 4.90. The van der Waals surface area contributed by atoms with Crippen LogP contribution in [0.4, 0.5) is 0 Å². The van der Waals surface area contributed by atoms with Gasteiger partial charge in [0.15, 0.2) is 5.78 Å². The molecule has 19 heavy (non-hydrogen) atoms. The molecule has 0 aromatic heterocycles. The van der Waals surface area contributed by atoms with Gasteiger partial charge in [-0.3, -0.25) is 4.79 Å². The first-order valence-electron chi connectivity index (χ1n) is 6.48. The fraction of sp³-hybridized carbons (Fsp3) is 0.500. The Morgan fingerprint density at radius 1 is 1.32 bits per heavy atom. The molecule has 2 rings (SSSR count). The fourth-order valence-electron chi connectivity index (χ4n) is 2.00. The van der Waals surface area contributed by atoms with Crippen LogP contribution in [0.5, 0.6) is 0 Å². The van der Waals surface area contributed by atoms with E-state index in [1.807, 2.05) is 0 Å². The minimum Gasteiger partial charge on any atom is -0.294 e. The summed E-state index contributed by atoms with van der Waals surface area (Å²) in [5.74, 6) is 0.150. The van der Waals surface area contributed by atoms with Gasteiger partial charge in [-0.15, -0.1) is 0 Å². The zero-order chi connectivity index (χ0) is 14.2. The number of hydrogen-bond acceptors (Lipinski definition) is 3. The smallest absolute Gasteiger partial charge is 0.241 e. The van der Waals surface area contributed by atoms with Gasteiger partial charge in [0.05, 0.1) is 4.90 Å². The Bertz CT molecular complexity index is 601. The van der Waals surface area contributed by atoms with Crippen LogP contribution < -0.4 is 4.72 Å². The van der Waals surface area contributed by atoms with Crippen LogP contribution in [0.15, 0.2) is 23.1 Å². The molecule has 0 heterocycles. The molecule has 0 saturated heterocycles. The van der Waals surface area contributed by atoms with Crippen molar-refractivity contribution < 1.29 is 13.2 Å². The van der Waals surface area contributed by atoms with E-state index < -0.39 is 10.0 Å². The number of benzene rings is 1. The predicted octanol–water partition coefficient (Wildman–Crippen LogP) is 2.27. The van der Waals surface area contributed by atoms with E-state index in [2.05, 4.69) is 4.72 Å². The van der Waals surface area contributed by atoms with Crippen molar-refractivity contribution in [3.05, 3.63) is 29.3 Å². The van der Waals surface area contributed by atoms with Crippen LogP contribution in [-0.4, -0.2) is 20.2 Å². The first kappa shape index (κ1) is 14.2. The molecular weight excluding hydrogens is 262 g/mol. The van der Waals surface area contributed by atoms with Gasteiger partial charge in [0, 0.05) is 17.5 Å². The molecule has 1 saturated carbocycles. The zero-order valence-corrected chi connectivity index (χ0v) is 12.3. The molecule has 1 aliphatic carbocycles. The Balaban J connectivity index is 2.39. The van der Waals surface area contributed by atoms with E-state index in [0.717, 1.165) is 12.8 Å². The molecular formula is C14H19NO3S. The van der Waals surface area contributed by atoms with Crippen molar-refractivity contribution in [1.82, 2.24) is 4.72 Å². The number of nitrogens with one attached hydrogen (secondary N) is 1. The summed E-state index contributed by atoms with van der Waals surface area (Å²) in [5.41, 5.74) is 1.15. The Morgan fingerprint density at radius 2 is 1.95 bits per heavy atom. The summed E-state index contributed by atoms with van der Waals surface area (Å²) >= 11 is 0. The lowest BCUT2D eigenvalue weighted by molar-refractivity contribution is 0.0967. The van der Waals surface area contributed by atoms with Crippen molar-refractivity contribution in [2.24, 2.45) is 5.92 Å². The maximum absolute atomic E-state index is 12.2. The molecule has 0 amide bonds. The van der Waals surface area contributed by atoms with Crippen LogP contribution in [0, 0.1) is 12.8 Å². The molecule has 0 unspecified atom stereocenters. The molecule has 0 aliphatic heterocycles. The van der Waals surface area contributed by atoms with E-state index in [1.165, 1.54) is 6.07 Å². The number of rotatable bonds is 5. The van der Waals surface area contributed by atoms with Gasteiger partial charge >= 0.3 is 0 Å². The predicted molar refractivity (Wildman–Crippen MR) is 73.7 cm³/mol. The topological polar surface area (TPSA) is 63.2 Å². The number of Topliss-reactive ketones (excluding diaryl/α,β-unsaturated/α-hetero) is 1. The summed E-state index contributed by atoms with van der Waals surface area (Å²) in [5, 5.41) is 0. The summed E-state index contributed by atoms with van der Waals surface area (Å²) in [4.78, 5) is 12.2. The lowest BCUT2D eigenvalue weighted by Crippen LogP contribution is -2.30. The van der Waals surface area contributed by atoms with E-state index in [4.69, 9.17) is 0 Å². The SMILES string of the molecule is Cc1ccc(C(=O)C2CC2)cc1S(=O)(=O)NC(C)C. The lowest BCUT2D eigenvalue weighted by Gasteiger charge is -2.12. The van der Waals surface area contributed by atoms with Crippen LogP contribution >= 0.6 is 0 Å². The van der Waals surface area contributed by atoms with Crippen molar-refractivity contribution in [1.29, 1.82) is 0 Å². The van der Waals surface area contributed by atoms with Gasteiger partial charge in [0.2, 0.25) is 10.0 Å². The first-order chi connectivity index (χ1) is 8.81. The van der Waals surface area contributed by atoms with E-state index in [1.54, 1.807) is 32.9 Å². The molecule has 0 spiro atoms. The second-order valence-electron chi connectivity index (χ2n) is 5.39. The standard InChI is InChI=1S/C14H19NO3S/c1-9(2)15-19(17,18)13-8-12(5-4-10(13)3)14(16)11-6-7-11/h4-5,8-9,11,15H,6-7H2,1-3H3. The molecule has 1 fully saturated rings. The third kappa shape index (κ3) is 3.22. The number of carbonyl (C=O) groups excluding carboxylic acids is 1. The number of ketones is 1. The molecule has 1 N–H and O–H groups in total. The van der Waals surface area contributed by atoms with Crippen molar-refractivity contribution in [2.45, 2.75) is 44.6 Å². The molecule has 4 nitrogen and oxygen atoms in total. The maximum atomic E-state index is 12.2. The monoisotopic (exact) mass is 281 g/mol. The van der Waals surface area contributed by atoms with Gasteiger partial charge in [0.1, 0.15) is 0 Å². The molecule has 5 heteroatoms. The lowest BCUT2D eigenvalue weighted by atomic mass is 10.1. The van der Waals surface area contributed by atoms with E-state index >= 15 is 0 Å². The molecule has 104 valence electrons. The minimum absolute atomic E-state index is 0.0565. The zero-order valence-electron chi connectivity index (χ0n) is 11.4. The van der Waals surface area contributed by atoms with E-state index in [-0.39, 0.29) is 22.6 Å². The summed E-state index contributed by atoms with van der Waals surface area (Å²) in [6.45, 7) is 5.28. The second-order valence-corrected chi connectivity index (χ2v) is 7.08. The minimum atomic E-state index is -3.55. The quantitative estimate of drug-likeness (QED) is 0.842. The van der Waals surface area contributed by atoms with Crippen LogP contribution in [0.2, 0.25) is 0 Å². The summed E-state index contributed by atoms with van der Waals surface area (Å²) in [6.07, 6.45) is 1.83. The Morgan fingerprint density at radius 3 is 2.47 bits per heavy atom. The average Bonchev–Trinajstić information content (AvgIpc) is 3.10. The highest BCUT2D eigenvalue weighted by Crippen LogP contribution is 2.33. The number of sulfonamides is 1. The van der Waals surface area contributed by atoms with Gasteiger partial charge in [-0.1, -0.05) is 12.1 Å². The Kier molecular flexibility index (Phi) is 3.78.